The van der Waals surface area contributed by atoms with Crippen LogP contribution in [0, 0.1) is 0 Å². The molecule has 0 saturated carbocycles. The van der Waals surface area contributed by atoms with Gasteiger partial charge in [-0.1, -0.05) is 52.0 Å². The molecule has 3 aromatic rings. The van der Waals surface area contributed by atoms with Crippen molar-refractivity contribution >= 4 is 27.2 Å². The number of benzene rings is 2. The predicted molar refractivity (Wildman–Crippen MR) is 158 cm³/mol. The van der Waals surface area contributed by atoms with Gasteiger partial charge in [0.2, 0.25) is 0 Å². The lowest BCUT2D eigenvalue weighted by Gasteiger charge is -2.22. The number of thiazole rings is 1. The van der Waals surface area contributed by atoms with E-state index in [1.807, 2.05) is 0 Å². The van der Waals surface area contributed by atoms with Crippen molar-refractivity contribution in [1.29, 1.82) is 0 Å². The van der Waals surface area contributed by atoms with Gasteiger partial charge in [-0.3, -0.25) is 4.79 Å². The quantitative estimate of drug-likeness (QED) is 0.328. The normalized spacial score (nSPS) is 15.3. The molecular formula is C30H39N3O5S2. The number of amides is 1. The summed E-state index contributed by atoms with van der Waals surface area (Å²) in [6.07, 6.45) is 0.860. The summed E-state index contributed by atoms with van der Waals surface area (Å²) in [5, 5.41) is 26.4. The van der Waals surface area contributed by atoms with Crippen molar-refractivity contribution in [3.63, 3.8) is 0 Å². The Morgan fingerprint density at radius 2 is 1.77 bits per heavy atom. The van der Waals surface area contributed by atoms with Crippen molar-refractivity contribution in [2.45, 2.75) is 89.2 Å². The van der Waals surface area contributed by atoms with Crippen LogP contribution in [0.1, 0.15) is 91.9 Å². The Morgan fingerprint density at radius 3 is 2.35 bits per heavy atom. The molecular weight excluding hydrogens is 546 g/mol. The molecule has 4 N–H and O–H groups in total. The Hall–Kier alpha value is -2.47. The third-order valence-electron chi connectivity index (χ3n) is 7.04. The van der Waals surface area contributed by atoms with Crippen LogP contribution >= 0.6 is 11.3 Å². The molecule has 216 valence electrons. The molecule has 1 aliphatic rings. The average Bonchev–Trinajstić information content (AvgIpc) is 3.34. The summed E-state index contributed by atoms with van der Waals surface area (Å²) < 4.78 is 23.1. The molecule has 40 heavy (non-hydrogen) atoms. The van der Waals surface area contributed by atoms with Crippen LogP contribution in [0.15, 0.2) is 38.9 Å². The highest BCUT2D eigenvalue weighted by Gasteiger charge is 2.28. The predicted octanol–water partition coefficient (Wildman–Crippen LogP) is 5.32. The van der Waals surface area contributed by atoms with Gasteiger partial charge in [-0.15, -0.1) is 15.7 Å². The van der Waals surface area contributed by atoms with Crippen molar-refractivity contribution in [2.75, 3.05) is 6.61 Å². The van der Waals surface area contributed by atoms with Gasteiger partial charge in [0.15, 0.2) is 9.92 Å². The highest BCUT2D eigenvalue weighted by Crippen LogP contribution is 2.36. The van der Waals surface area contributed by atoms with Crippen LogP contribution in [0.25, 0.3) is 11.1 Å². The van der Waals surface area contributed by atoms with E-state index in [-0.39, 0.29) is 33.2 Å². The highest BCUT2D eigenvalue weighted by atomic mass is 32.2. The molecule has 8 nitrogen and oxygen atoms in total. The zero-order valence-corrected chi connectivity index (χ0v) is 25.6. The highest BCUT2D eigenvalue weighted by molar-refractivity contribution is 7.93. The SMILES string of the molecule is CC(C)c1cc(-c2ccc3c(c2)COCC3)cc(C(C)C)c1CC(=O)N=S(N)(=O)c1sc(C(C)(C)O)nc1CO. The maximum absolute atomic E-state index is 13.5. The minimum atomic E-state index is -3.69. The molecule has 0 spiro atoms. The Balaban J connectivity index is 1.75. The molecule has 0 saturated heterocycles. The minimum absolute atomic E-state index is 0.000350. The summed E-state index contributed by atoms with van der Waals surface area (Å²) >= 11 is 0.895. The smallest absolute Gasteiger partial charge is 0.259 e. The minimum Gasteiger partial charge on any atom is -0.390 e. The first-order valence-electron chi connectivity index (χ1n) is 13.5. The van der Waals surface area contributed by atoms with E-state index in [1.54, 1.807) is 0 Å². The Labute approximate surface area is 240 Å². The van der Waals surface area contributed by atoms with E-state index in [0.29, 0.717) is 6.61 Å². The van der Waals surface area contributed by atoms with Crippen molar-refractivity contribution < 1.29 is 24.0 Å². The van der Waals surface area contributed by atoms with E-state index in [2.05, 4.69) is 67.4 Å². The molecule has 0 radical (unpaired) electrons. The second-order valence-electron chi connectivity index (χ2n) is 11.4. The summed E-state index contributed by atoms with van der Waals surface area (Å²) in [4.78, 5) is 17.5. The van der Waals surface area contributed by atoms with Gasteiger partial charge >= 0.3 is 0 Å². The molecule has 2 aromatic carbocycles. The number of carbonyl (C=O) groups excluding carboxylic acids is 1. The van der Waals surface area contributed by atoms with E-state index >= 15 is 0 Å². The monoisotopic (exact) mass is 585 g/mol. The number of carbonyl (C=O) groups is 1. The van der Waals surface area contributed by atoms with Crippen LogP contribution < -0.4 is 5.14 Å². The molecule has 0 fully saturated rings. The molecule has 1 atom stereocenters. The first-order chi connectivity index (χ1) is 18.7. The molecule has 1 unspecified atom stereocenters. The Bertz CT molecular complexity index is 1510. The third-order valence-corrected chi connectivity index (χ3v) is 10.5. The second-order valence-corrected chi connectivity index (χ2v) is 14.4. The van der Waals surface area contributed by atoms with E-state index in [4.69, 9.17) is 9.88 Å². The summed E-state index contributed by atoms with van der Waals surface area (Å²) in [5.74, 6) is -0.363. The molecule has 0 bridgehead atoms. The lowest BCUT2D eigenvalue weighted by Crippen LogP contribution is -2.17. The summed E-state index contributed by atoms with van der Waals surface area (Å²) in [6, 6.07) is 10.8. The number of fused-ring (bicyclic) bond motifs is 1. The van der Waals surface area contributed by atoms with Crippen LogP contribution in [-0.4, -0.2) is 31.9 Å². The van der Waals surface area contributed by atoms with E-state index in [0.717, 1.165) is 52.2 Å². The van der Waals surface area contributed by atoms with Crippen LogP contribution in [0.3, 0.4) is 0 Å². The maximum Gasteiger partial charge on any atom is 0.259 e. The number of aromatic nitrogens is 1. The number of hydrogen-bond acceptors (Lipinski definition) is 7. The van der Waals surface area contributed by atoms with Gasteiger partial charge in [0.05, 0.1) is 31.9 Å². The molecule has 1 aromatic heterocycles. The van der Waals surface area contributed by atoms with Gasteiger partial charge in [0.1, 0.15) is 14.8 Å². The van der Waals surface area contributed by atoms with Gasteiger partial charge in [0, 0.05) is 0 Å². The lowest BCUT2D eigenvalue weighted by atomic mass is 9.83. The molecule has 2 heterocycles. The zero-order valence-electron chi connectivity index (χ0n) is 24.0. The van der Waals surface area contributed by atoms with Crippen LogP contribution in [0.4, 0.5) is 0 Å². The number of nitrogens with two attached hydrogens (primary N) is 1. The zero-order chi connectivity index (χ0) is 29.4. The first kappa shape index (κ1) is 30.5. The van der Waals surface area contributed by atoms with Crippen LogP contribution in [0.5, 0.6) is 0 Å². The van der Waals surface area contributed by atoms with E-state index in [9.17, 15) is 19.2 Å². The van der Waals surface area contributed by atoms with Crippen molar-refractivity contribution in [3.8, 4) is 11.1 Å². The summed E-state index contributed by atoms with van der Waals surface area (Å²) in [7, 11) is -3.69. The Kier molecular flexibility index (Phi) is 8.99. The number of ether oxygens (including phenoxy) is 1. The Morgan fingerprint density at radius 1 is 1.12 bits per heavy atom. The standard InChI is InChI=1S/C30H39N3O5S2/c1-17(2)23-12-21(20-8-7-19-9-10-38-16-22(19)11-20)13-24(18(3)4)25(23)14-27(35)33-40(31,37)28-26(15-34)32-29(39-28)30(5,6)36/h7-8,11-13,17-18,34,36H,9-10,14-16H2,1-6H3,(H2,31,33,35,37). The van der Waals surface area contributed by atoms with Gasteiger partial charge < -0.3 is 14.9 Å². The topological polar surface area (TPSA) is 135 Å². The average molecular weight is 586 g/mol. The number of hydrogen-bond donors (Lipinski definition) is 3. The fourth-order valence-electron chi connectivity index (χ4n) is 4.97. The van der Waals surface area contributed by atoms with Crippen LogP contribution in [0.2, 0.25) is 0 Å². The second kappa shape index (κ2) is 11.8. The molecule has 10 heteroatoms. The van der Waals surface area contributed by atoms with Gasteiger partial charge in [0.25, 0.3) is 5.91 Å². The van der Waals surface area contributed by atoms with E-state index in [1.165, 1.54) is 25.0 Å². The van der Waals surface area contributed by atoms with Gasteiger partial charge in [-0.2, -0.15) is 0 Å². The van der Waals surface area contributed by atoms with Crippen molar-refractivity contribution in [3.05, 3.63) is 68.9 Å². The fraction of sp³-hybridized carbons (Fsp3) is 0.467. The van der Waals surface area contributed by atoms with Crippen molar-refractivity contribution in [2.24, 2.45) is 9.50 Å². The van der Waals surface area contributed by atoms with E-state index < -0.39 is 28.0 Å². The number of rotatable bonds is 8. The van der Waals surface area contributed by atoms with Gasteiger partial charge in [-0.05, 0) is 77.1 Å². The molecule has 0 aliphatic carbocycles. The third kappa shape index (κ3) is 6.53. The maximum atomic E-state index is 13.5. The van der Waals surface area contributed by atoms with Gasteiger partial charge in [-0.25, -0.2) is 14.3 Å². The lowest BCUT2D eigenvalue weighted by molar-refractivity contribution is -0.117. The summed E-state index contributed by atoms with van der Waals surface area (Å²) in [5.41, 5.74) is 6.35. The largest absolute Gasteiger partial charge is 0.390 e. The molecule has 1 aliphatic heterocycles. The van der Waals surface area contributed by atoms with Crippen molar-refractivity contribution in [1.82, 2.24) is 4.98 Å². The number of nitrogens with zero attached hydrogens (tertiary/aromatic N) is 2. The molecule has 4 rings (SSSR count). The molecule has 1 amide bonds. The fourth-order valence-corrected chi connectivity index (χ4v) is 7.50. The summed E-state index contributed by atoms with van der Waals surface area (Å²) in [6.45, 7) is 12.2. The first-order valence-corrected chi connectivity index (χ1v) is 15.9. The number of aliphatic hydroxyl groups excluding tert-OH is 1. The number of aliphatic hydroxyl groups is 2. The van der Waals surface area contributed by atoms with Crippen LogP contribution in [-0.2, 0) is 51.1 Å².